The van der Waals surface area contributed by atoms with E-state index in [0.717, 1.165) is 27.5 Å². The first kappa shape index (κ1) is 11.0. The van der Waals surface area contributed by atoms with E-state index in [0.29, 0.717) is 0 Å². The predicted molar refractivity (Wildman–Crippen MR) is 68.2 cm³/mol. The first-order valence-electron chi connectivity index (χ1n) is 5.12. The lowest BCUT2D eigenvalue weighted by Crippen LogP contribution is -1.87. The highest BCUT2D eigenvalue weighted by Crippen LogP contribution is 2.31. The first-order valence-corrected chi connectivity index (χ1v) is 5.49. The topological polar surface area (TPSA) is 9.23 Å². The number of rotatable bonds is 2. The minimum absolute atomic E-state index is 0.781. The van der Waals surface area contributed by atoms with Gasteiger partial charge in [-0.15, -0.1) is 0 Å². The number of benzene rings is 2. The van der Waals surface area contributed by atoms with Crippen molar-refractivity contribution in [1.82, 2.24) is 0 Å². The van der Waals surface area contributed by atoms with Crippen molar-refractivity contribution in [2.45, 2.75) is 6.92 Å². The Hall–Kier alpha value is -1.47. The van der Waals surface area contributed by atoms with Gasteiger partial charge in [0.25, 0.3) is 0 Å². The second-order valence-corrected chi connectivity index (χ2v) is 4.07. The Morgan fingerprint density at radius 3 is 2.50 bits per heavy atom. The quantitative estimate of drug-likeness (QED) is 0.749. The van der Waals surface area contributed by atoms with E-state index in [1.807, 2.05) is 43.3 Å². The summed E-state index contributed by atoms with van der Waals surface area (Å²) in [5.74, 6) is 0.863. The van der Waals surface area contributed by atoms with Crippen LogP contribution in [0.15, 0.2) is 42.5 Å². The van der Waals surface area contributed by atoms with Crippen LogP contribution in [0.5, 0.6) is 5.75 Å². The molecule has 0 fully saturated rings. The van der Waals surface area contributed by atoms with Crippen LogP contribution >= 0.6 is 11.6 Å². The molecule has 2 rings (SSSR count). The largest absolute Gasteiger partial charge is 0.496 e. The number of aryl methyl sites for hydroxylation is 1. The Kier molecular flexibility index (Phi) is 3.16. The third-order valence-corrected chi connectivity index (χ3v) is 3.00. The number of hydrogen-bond acceptors (Lipinski definition) is 1. The van der Waals surface area contributed by atoms with E-state index in [2.05, 4.69) is 6.07 Å². The highest BCUT2D eigenvalue weighted by Gasteiger charge is 2.05. The van der Waals surface area contributed by atoms with E-state index in [-0.39, 0.29) is 0 Å². The molecule has 16 heavy (non-hydrogen) atoms. The maximum atomic E-state index is 6.12. The summed E-state index contributed by atoms with van der Waals surface area (Å²) < 4.78 is 5.33. The zero-order valence-electron chi connectivity index (χ0n) is 9.33. The summed E-state index contributed by atoms with van der Waals surface area (Å²) in [6.07, 6.45) is 0. The van der Waals surface area contributed by atoms with Crippen molar-refractivity contribution in [3.63, 3.8) is 0 Å². The molecule has 2 aromatic rings. The number of para-hydroxylation sites is 1. The monoisotopic (exact) mass is 232 g/mol. The lowest BCUT2D eigenvalue weighted by Gasteiger charge is -2.09. The highest BCUT2D eigenvalue weighted by molar-refractivity contribution is 6.31. The van der Waals surface area contributed by atoms with Crippen molar-refractivity contribution in [3.8, 4) is 16.9 Å². The molecule has 0 atom stereocenters. The Balaban J connectivity index is 2.54. The molecule has 0 N–H and O–H groups in total. The van der Waals surface area contributed by atoms with Gasteiger partial charge in [-0.2, -0.15) is 0 Å². The molecule has 0 heterocycles. The van der Waals surface area contributed by atoms with Gasteiger partial charge < -0.3 is 4.74 Å². The zero-order chi connectivity index (χ0) is 11.5. The van der Waals surface area contributed by atoms with Crippen molar-refractivity contribution in [2.24, 2.45) is 0 Å². The molecule has 0 aliphatic carbocycles. The van der Waals surface area contributed by atoms with Gasteiger partial charge in [-0.05, 0) is 30.2 Å². The fourth-order valence-electron chi connectivity index (χ4n) is 1.64. The second-order valence-electron chi connectivity index (χ2n) is 3.66. The highest BCUT2D eigenvalue weighted by atomic mass is 35.5. The van der Waals surface area contributed by atoms with Crippen molar-refractivity contribution in [3.05, 3.63) is 53.1 Å². The molecule has 2 aromatic carbocycles. The van der Waals surface area contributed by atoms with Crippen LogP contribution in [-0.2, 0) is 0 Å². The van der Waals surface area contributed by atoms with Crippen LogP contribution in [-0.4, -0.2) is 7.11 Å². The lowest BCUT2D eigenvalue weighted by atomic mass is 10.0. The van der Waals surface area contributed by atoms with Gasteiger partial charge >= 0.3 is 0 Å². The SMILES string of the molecule is COc1ccccc1-c1ccc(C)c(Cl)c1. The Morgan fingerprint density at radius 2 is 1.81 bits per heavy atom. The molecule has 82 valence electrons. The fraction of sp³-hybridized carbons (Fsp3) is 0.143. The van der Waals surface area contributed by atoms with Crippen molar-refractivity contribution >= 4 is 11.6 Å². The van der Waals surface area contributed by atoms with Gasteiger partial charge in [0, 0.05) is 10.6 Å². The molecule has 0 aliphatic heterocycles. The van der Waals surface area contributed by atoms with Gasteiger partial charge in [0.1, 0.15) is 5.75 Å². The minimum atomic E-state index is 0.781. The maximum absolute atomic E-state index is 6.12. The van der Waals surface area contributed by atoms with Crippen molar-refractivity contribution in [1.29, 1.82) is 0 Å². The van der Waals surface area contributed by atoms with E-state index in [1.54, 1.807) is 7.11 Å². The standard InChI is InChI=1S/C14H13ClO/c1-10-7-8-11(9-13(10)15)12-5-3-4-6-14(12)16-2/h3-9H,1-2H3. The van der Waals surface area contributed by atoms with Crippen molar-refractivity contribution in [2.75, 3.05) is 7.11 Å². The van der Waals surface area contributed by atoms with Crippen LogP contribution in [0.1, 0.15) is 5.56 Å². The van der Waals surface area contributed by atoms with E-state index in [9.17, 15) is 0 Å². The molecule has 0 unspecified atom stereocenters. The number of halogens is 1. The van der Waals surface area contributed by atoms with Crippen LogP contribution in [0.3, 0.4) is 0 Å². The summed E-state index contributed by atoms with van der Waals surface area (Å²) in [5, 5.41) is 0.781. The Morgan fingerprint density at radius 1 is 1.06 bits per heavy atom. The summed E-state index contributed by atoms with van der Waals surface area (Å²) in [6.45, 7) is 1.99. The van der Waals surface area contributed by atoms with Gasteiger partial charge in [-0.1, -0.05) is 41.9 Å². The molecule has 0 bridgehead atoms. The minimum Gasteiger partial charge on any atom is -0.496 e. The average Bonchev–Trinajstić information content (AvgIpc) is 2.32. The van der Waals surface area contributed by atoms with Crippen LogP contribution in [0.25, 0.3) is 11.1 Å². The molecule has 0 saturated carbocycles. The molecule has 0 radical (unpaired) electrons. The normalized spacial score (nSPS) is 10.2. The molecular weight excluding hydrogens is 220 g/mol. The number of ether oxygens (including phenoxy) is 1. The maximum Gasteiger partial charge on any atom is 0.126 e. The third-order valence-electron chi connectivity index (χ3n) is 2.59. The van der Waals surface area contributed by atoms with Crippen LogP contribution in [0.2, 0.25) is 5.02 Å². The summed E-state index contributed by atoms with van der Waals surface area (Å²) in [4.78, 5) is 0. The molecule has 0 aromatic heterocycles. The molecule has 0 spiro atoms. The van der Waals surface area contributed by atoms with Gasteiger partial charge in [-0.25, -0.2) is 0 Å². The zero-order valence-corrected chi connectivity index (χ0v) is 10.1. The predicted octanol–water partition coefficient (Wildman–Crippen LogP) is 4.32. The summed E-state index contributed by atoms with van der Waals surface area (Å²) >= 11 is 6.12. The van der Waals surface area contributed by atoms with Crippen molar-refractivity contribution < 1.29 is 4.74 Å². The van der Waals surface area contributed by atoms with Gasteiger partial charge in [-0.3, -0.25) is 0 Å². The number of methoxy groups -OCH3 is 1. The summed E-state index contributed by atoms with van der Waals surface area (Å²) in [7, 11) is 1.68. The lowest BCUT2D eigenvalue weighted by molar-refractivity contribution is 0.416. The van der Waals surface area contributed by atoms with E-state index in [4.69, 9.17) is 16.3 Å². The first-order chi connectivity index (χ1) is 7.72. The fourth-order valence-corrected chi connectivity index (χ4v) is 1.82. The van der Waals surface area contributed by atoms with Crippen LogP contribution in [0.4, 0.5) is 0 Å². The molecule has 0 saturated heterocycles. The third kappa shape index (κ3) is 2.05. The molecule has 0 amide bonds. The molecule has 0 aliphatic rings. The molecule has 2 heteroatoms. The summed E-state index contributed by atoms with van der Waals surface area (Å²) in [6, 6.07) is 14.0. The number of hydrogen-bond donors (Lipinski definition) is 0. The van der Waals surface area contributed by atoms with E-state index in [1.165, 1.54) is 0 Å². The van der Waals surface area contributed by atoms with E-state index < -0.39 is 0 Å². The van der Waals surface area contributed by atoms with Crippen LogP contribution in [0, 0.1) is 6.92 Å². The van der Waals surface area contributed by atoms with Gasteiger partial charge in [0.05, 0.1) is 7.11 Å². The summed E-state index contributed by atoms with van der Waals surface area (Å²) in [5.41, 5.74) is 3.22. The van der Waals surface area contributed by atoms with Gasteiger partial charge in [0.2, 0.25) is 0 Å². The second kappa shape index (κ2) is 4.58. The molecular formula is C14H13ClO. The Labute approximate surface area is 101 Å². The molecule has 1 nitrogen and oxygen atoms in total. The van der Waals surface area contributed by atoms with Crippen LogP contribution < -0.4 is 4.74 Å². The average molecular weight is 233 g/mol. The smallest absolute Gasteiger partial charge is 0.126 e. The van der Waals surface area contributed by atoms with Gasteiger partial charge in [0.15, 0.2) is 0 Å². The van der Waals surface area contributed by atoms with E-state index >= 15 is 0 Å². The Bertz CT molecular complexity index is 506.